The highest BCUT2D eigenvalue weighted by Gasteiger charge is 2.22. The average molecular weight is 229 g/mol. The van der Waals surface area contributed by atoms with E-state index in [2.05, 4.69) is 40.2 Å². The fourth-order valence-corrected chi connectivity index (χ4v) is 1.42. The fourth-order valence-electron chi connectivity index (χ4n) is 1.15. The van der Waals surface area contributed by atoms with Gasteiger partial charge in [-0.3, -0.25) is 0 Å². The summed E-state index contributed by atoms with van der Waals surface area (Å²) in [5.41, 5.74) is 1.50. The molecule has 1 aromatic rings. The Bertz CT molecular complexity index is 226. The normalized spacial score (nSPS) is 14.9. The van der Waals surface area contributed by atoms with Gasteiger partial charge in [-0.2, -0.15) is 0 Å². The molecule has 0 aliphatic heterocycles. The molecular weight excluding hydrogens is 216 g/mol. The SMILES string of the molecule is Brc1ccc(C2CC2)cc1.CO. The molecule has 1 nitrogen and oxygen atoms in total. The van der Waals surface area contributed by atoms with Crippen LogP contribution in [0.25, 0.3) is 0 Å². The Morgan fingerprint density at radius 2 is 1.67 bits per heavy atom. The van der Waals surface area contributed by atoms with Gasteiger partial charge in [-0.1, -0.05) is 28.1 Å². The third kappa shape index (κ3) is 2.61. The zero-order valence-corrected chi connectivity index (χ0v) is 8.71. The van der Waals surface area contributed by atoms with Crippen LogP contribution in [0, 0.1) is 0 Å². The van der Waals surface area contributed by atoms with Gasteiger partial charge in [-0.25, -0.2) is 0 Å². The van der Waals surface area contributed by atoms with Crippen LogP contribution in [0.4, 0.5) is 0 Å². The molecule has 66 valence electrons. The highest BCUT2D eigenvalue weighted by molar-refractivity contribution is 9.10. The lowest BCUT2D eigenvalue weighted by atomic mass is 10.1. The molecule has 0 heterocycles. The minimum absolute atomic E-state index is 0.882. The topological polar surface area (TPSA) is 20.2 Å². The quantitative estimate of drug-likeness (QED) is 0.784. The number of hydrogen-bond donors (Lipinski definition) is 1. The molecule has 12 heavy (non-hydrogen) atoms. The first-order chi connectivity index (χ1) is 5.86. The smallest absolute Gasteiger partial charge is 0.0319 e. The number of halogens is 1. The third-order valence-electron chi connectivity index (χ3n) is 1.92. The summed E-state index contributed by atoms with van der Waals surface area (Å²) in [6.45, 7) is 0. The second kappa shape index (κ2) is 4.63. The highest BCUT2D eigenvalue weighted by Crippen LogP contribution is 2.40. The molecule has 0 bridgehead atoms. The van der Waals surface area contributed by atoms with Crippen molar-refractivity contribution in [3.63, 3.8) is 0 Å². The summed E-state index contributed by atoms with van der Waals surface area (Å²) in [5.74, 6) is 0.882. The molecule has 1 aliphatic carbocycles. The minimum atomic E-state index is 0.882. The first-order valence-corrected chi connectivity index (χ1v) is 4.86. The molecule has 1 fully saturated rings. The maximum absolute atomic E-state index is 7.00. The van der Waals surface area contributed by atoms with Crippen molar-refractivity contribution in [2.45, 2.75) is 18.8 Å². The van der Waals surface area contributed by atoms with Gasteiger partial charge in [-0.05, 0) is 36.5 Å². The molecule has 1 saturated carbocycles. The van der Waals surface area contributed by atoms with Crippen molar-refractivity contribution in [1.82, 2.24) is 0 Å². The number of benzene rings is 1. The molecule has 1 aromatic carbocycles. The first-order valence-electron chi connectivity index (χ1n) is 4.06. The van der Waals surface area contributed by atoms with Gasteiger partial charge in [0.15, 0.2) is 0 Å². The Kier molecular flexibility index (Phi) is 3.76. The Hall–Kier alpha value is -0.340. The maximum Gasteiger partial charge on any atom is 0.0319 e. The Morgan fingerprint density at radius 3 is 2.08 bits per heavy atom. The Labute approximate surface area is 81.6 Å². The predicted molar refractivity (Wildman–Crippen MR) is 54.3 cm³/mol. The molecule has 0 radical (unpaired) electrons. The molecule has 0 spiro atoms. The van der Waals surface area contributed by atoms with Gasteiger partial charge < -0.3 is 5.11 Å². The molecule has 0 unspecified atom stereocenters. The van der Waals surface area contributed by atoms with Crippen molar-refractivity contribution in [3.8, 4) is 0 Å². The summed E-state index contributed by atoms with van der Waals surface area (Å²) < 4.78 is 1.18. The maximum atomic E-state index is 7.00. The van der Waals surface area contributed by atoms with Gasteiger partial charge in [0.2, 0.25) is 0 Å². The van der Waals surface area contributed by atoms with E-state index in [4.69, 9.17) is 5.11 Å². The zero-order valence-electron chi connectivity index (χ0n) is 7.13. The largest absolute Gasteiger partial charge is 0.400 e. The standard InChI is InChI=1S/C9H9Br.CH4O/c10-9-5-3-8(4-6-9)7-1-2-7;1-2/h3-7H,1-2H2;2H,1H3. The Morgan fingerprint density at radius 1 is 1.17 bits per heavy atom. The molecule has 1 N–H and O–H groups in total. The van der Waals surface area contributed by atoms with Crippen LogP contribution < -0.4 is 0 Å². The predicted octanol–water partition coefficient (Wildman–Crippen LogP) is 2.94. The lowest BCUT2D eigenvalue weighted by Crippen LogP contribution is -1.75. The van der Waals surface area contributed by atoms with Crippen LogP contribution in [0.3, 0.4) is 0 Å². The number of aliphatic hydroxyl groups excluding tert-OH is 1. The van der Waals surface area contributed by atoms with Crippen LogP contribution >= 0.6 is 15.9 Å². The first kappa shape index (κ1) is 9.75. The van der Waals surface area contributed by atoms with Crippen LogP contribution in [0.2, 0.25) is 0 Å². The molecule has 1 aliphatic rings. The minimum Gasteiger partial charge on any atom is -0.400 e. The van der Waals surface area contributed by atoms with Gasteiger partial charge in [0.1, 0.15) is 0 Å². The second-order valence-corrected chi connectivity index (χ2v) is 3.74. The molecule has 0 amide bonds. The van der Waals surface area contributed by atoms with Gasteiger partial charge in [-0.15, -0.1) is 0 Å². The van der Waals surface area contributed by atoms with Gasteiger partial charge in [0, 0.05) is 11.6 Å². The molecule has 0 aromatic heterocycles. The average Bonchev–Trinajstić information content (AvgIpc) is 2.93. The van der Waals surface area contributed by atoms with Crippen LogP contribution in [0.15, 0.2) is 28.7 Å². The van der Waals surface area contributed by atoms with E-state index in [-0.39, 0.29) is 0 Å². The van der Waals surface area contributed by atoms with E-state index in [9.17, 15) is 0 Å². The van der Waals surface area contributed by atoms with E-state index in [1.54, 1.807) is 0 Å². The van der Waals surface area contributed by atoms with Gasteiger partial charge >= 0.3 is 0 Å². The Balaban J connectivity index is 0.000000336. The van der Waals surface area contributed by atoms with E-state index in [1.807, 2.05) is 0 Å². The van der Waals surface area contributed by atoms with Crippen molar-refractivity contribution in [2.75, 3.05) is 7.11 Å². The molecule has 2 rings (SSSR count). The van der Waals surface area contributed by atoms with Crippen LogP contribution in [-0.4, -0.2) is 12.2 Å². The summed E-state index contributed by atoms with van der Waals surface area (Å²) in [5, 5.41) is 7.00. The van der Waals surface area contributed by atoms with E-state index >= 15 is 0 Å². The van der Waals surface area contributed by atoms with Crippen LogP contribution in [0.5, 0.6) is 0 Å². The lowest BCUT2D eigenvalue weighted by Gasteiger charge is -1.95. The fraction of sp³-hybridized carbons (Fsp3) is 0.400. The van der Waals surface area contributed by atoms with Crippen molar-refractivity contribution < 1.29 is 5.11 Å². The number of hydrogen-bond acceptors (Lipinski definition) is 1. The number of aliphatic hydroxyl groups is 1. The van der Waals surface area contributed by atoms with Crippen molar-refractivity contribution in [1.29, 1.82) is 0 Å². The summed E-state index contributed by atoms with van der Waals surface area (Å²) >= 11 is 3.41. The molecule has 0 saturated heterocycles. The summed E-state index contributed by atoms with van der Waals surface area (Å²) in [7, 11) is 1.00. The van der Waals surface area contributed by atoms with Crippen molar-refractivity contribution in [2.24, 2.45) is 0 Å². The molecule has 0 atom stereocenters. The van der Waals surface area contributed by atoms with Crippen molar-refractivity contribution >= 4 is 15.9 Å². The third-order valence-corrected chi connectivity index (χ3v) is 2.45. The molecular formula is C10H13BrO. The summed E-state index contributed by atoms with van der Waals surface area (Å²) in [4.78, 5) is 0. The van der Waals surface area contributed by atoms with E-state index in [1.165, 1.54) is 22.9 Å². The summed E-state index contributed by atoms with van der Waals surface area (Å²) in [6.07, 6.45) is 2.78. The van der Waals surface area contributed by atoms with E-state index in [0.29, 0.717) is 0 Å². The lowest BCUT2D eigenvalue weighted by molar-refractivity contribution is 0.399. The number of rotatable bonds is 1. The summed E-state index contributed by atoms with van der Waals surface area (Å²) in [6, 6.07) is 8.66. The zero-order chi connectivity index (χ0) is 8.97. The monoisotopic (exact) mass is 228 g/mol. The van der Waals surface area contributed by atoms with Gasteiger partial charge in [0.25, 0.3) is 0 Å². The van der Waals surface area contributed by atoms with E-state index in [0.717, 1.165) is 13.0 Å². The molecule has 2 heteroatoms. The second-order valence-electron chi connectivity index (χ2n) is 2.83. The van der Waals surface area contributed by atoms with Crippen LogP contribution in [-0.2, 0) is 0 Å². The highest BCUT2D eigenvalue weighted by atomic mass is 79.9. The van der Waals surface area contributed by atoms with Crippen molar-refractivity contribution in [3.05, 3.63) is 34.3 Å². The van der Waals surface area contributed by atoms with Gasteiger partial charge in [0.05, 0.1) is 0 Å². The van der Waals surface area contributed by atoms with Crippen LogP contribution in [0.1, 0.15) is 24.3 Å². The van der Waals surface area contributed by atoms with E-state index < -0.39 is 0 Å².